The summed E-state index contributed by atoms with van der Waals surface area (Å²) in [6, 6.07) is 12.8. The van der Waals surface area contributed by atoms with E-state index in [1.165, 1.54) is 24.9 Å². The predicted molar refractivity (Wildman–Crippen MR) is 105 cm³/mol. The molecule has 2 N–H and O–H groups in total. The molecule has 1 aromatic heterocycles. The van der Waals surface area contributed by atoms with Crippen molar-refractivity contribution < 1.29 is 14.6 Å². The fourth-order valence-corrected chi connectivity index (χ4v) is 4.08. The van der Waals surface area contributed by atoms with Gasteiger partial charge in [-0.25, -0.2) is 10.4 Å². The number of para-hydroxylation sites is 1. The molecule has 8 heteroatoms. The van der Waals surface area contributed by atoms with Crippen molar-refractivity contribution in [2.45, 2.75) is 11.3 Å². The fourth-order valence-electron chi connectivity index (χ4n) is 2.22. The number of benzene rings is 2. The molecule has 0 unspecified atom stereocenters. The number of ether oxygens (including phenoxy) is 1. The Labute approximate surface area is 158 Å². The first kappa shape index (κ1) is 18.2. The van der Waals surface area contributed by atoms with Gasteiger partial charge in [-0.1, -0.05) is 23.9 Å². The van der Waals surface area contributed by atoms with Crippen LogP contribution in [0, 0.1) is 0 Å². The predicted octanol–water partition coefficient (Wildman–Crippen LogP) is 3.64. The summed E-state index contributed by atoms with van der Waals surface area (Å²) in [5, 5.41) is 14.0. The van der Waals surface area contributed by atoms with E-state index < -0.39 is 0 Å². The highest BCUT2D eigenvalue weighted by molar-refractivity contribution is 8.01. The first-order valence-corrected chi connectivity index (χ1v) is 9.56. The van der Waals surface area contributed by atoms with Crippen molar-refractivity contribution in [3.05, 3.63) is 48.0 Å². The lowest BCUT2D eigenvalue weighted by molar-refractivity contribution is -0.118. The highest BCUT2D eigenvalue weighted by Gasteiger charge is 2.09. The lowest BCUT2D eigenvalue weighted by Crippen LogP contribution is -2.21. The second-order valence-corrected chi connectivity index (χ2v) is 7.60. The van der Waals surface area contributed by atoms with E-state index in [2.05, 4.69) is 15.5 Å². The summed E-state index contributed by atoms with van der Waals surface area (Å²) in [5.74, 6) is 0.575. The van der Waals surface area contributed by atoms with Crippen LogP contribution in [-0.2, 0) is 4.79 Å². The van der Waals surface area contributed by atoms with Crippen LogP contribution in [0.5, 0.6) is 11.5 Å². The highest BCUT2D eigenvalue weighted by Crippen LogP contribution is 2.29. The Balaban J connectivity index is 1.58. The van der Waals surface area contributed by atoms with Crippen LogP contribution in [0.3, 0.4) is 0 Å². The van der Waals surface area contributed by atoms with Crippen LogP contribution < -0.4 is 10.2 Å². The van der Waals surface area contributed by atoms with E-state index in [0.29, 0.717) is 17.0 Å². The number of hydrogen-bond donors (Lipinski definition) is 2. The minimum atomic E-state index is -0.235. The molecule has 1 amide bonds. The number of aromatic hydroxyl groups is 1. The maximum atomic E-state index is 12.0. The van der Waals surface area contributed by atoms with Crippen molar-refractivity contribution >= 4 is 44.9 Å². The number of carbonyl (C=O) groups excluding carboxylic acids is 1. The van der Waals surface area contributed by atoms with Crippen LogP contribution in [-0.4, -0.2) is 34.6 Å². The molecule has 134 valence electrons. The number of amides is 1. The van der Waals surface area contributed by atoms with Crippen molar-refractivity contribution in [1.29, 1.82) is 0 Å². The topological polar surface area (TPSA) is 83.8 Å². The molecule has 6 nitrogen and oxygen atoms in total. The summed E-state index contributed by atoms with van der Waals surface area (Å²) in [5.41, 5.74) is 4.47. The Morgan fingerprint density at radius 2 is 2.15 bits per heavy atom. The molecule has 0 atom stereocenters. The summed E-state index contributed by atoms with van der Waals surface area (Å²) in [4.78, 5) is 16.5. The molecular formula is C18H17N3O3S2. The molecule has 2 aromatic carbocycles. The number of nitrogens with zero attached hydrogens (tertiary/aromatic N) is 2. The molecule has 1 heterocycles. The maximum absolute atomic E-state index is 12.0. The maximum Gasteiger partial charge on any atom is 0.250 e. The Morgan fingerprint density at radius 1 is 1.35 bits per heavy atom. The molecule has 3 rings (SSSR count). The molecule has 0 aliphatic carbocycles. The zero-order chi connectivity index (χ0) is 18.5. The molecule has 0 spiro atoms. The molecule has 3 aromatic rings. The van der Waals surface area contributed by atoms with Crippen molar-refractivity contribution in [3.8, 4) is 11.5 Å². The molecule has 0 aliphatic heterocycles. The third-order valence-electron chi connectivity index (χ3n) is 3.54. The first-order chi connectivity index (χ1) is 12.6. The van der Waals surface area contributed by atoms with Crippen LogP contribution in [0.15, 0.2) is 51.9 Å². The summed E-state index contributed by atoms with van der Waals surface area (Å²) in [6.07, 6.45) is 0. The average Bonchev–Trinajstić information content (AvgIpc) is 3.07. The summed E-state index contributed by atoms with van der Waals surface area (Å²) < 4.78 is 6.99. The van der Waals surface area contributed by atoms with E-state index in [-0.39, 0.29) is 17.4 Å². The molecule has 0 fully saturated rings. The molecule has 0 saturated carbocycles. The fraction of sp³-hybridized carbons (Fsp3) is 0.167. The minimum absolute atomic E-state index is 0.0451. The van der Waals surface area contributed by atoms with Gasteiger partial charge in [-0.3, -0.25) is 4.79 Å². The molecule has 0 radical (unpaired) electrons. The zero-order valence-corrected chi connectivity index (χ0v) is 15.9. The van der Waals surface area contributed by atoms with Gasteiger partial charge in [0.2, 0.25) is 0 Å². The van der Waals surface area contributed by atoms with Crippen molar-refractivity contribution in [3.63, 3.8) is 0 Å². The number of phenols is 1. The number of hydrogen-bond acceptors (Lipinski definition) is 7. The molecule has 0 saturated heterocycles. The van der Waals surface area contributed by atoms with Crippen LogP contribution in [0.1, 0.15) is 12.5 Å². The first-order valence-electron chi connectivity index (χ1n) is 7.75. The van der Waals surface area contributed by atoms with Crippen molar-refractivity contribution in [1.82, 2.24) is 10.4 Å². The number of phenolic OH excluding ortho intramolecular Hbond substituents is 1. The van der Waals surface area contributed by atoms with E-state index in [0.717, 1.165) is 14.6 Å². The van der Waals surface area contributed by atoms with Crippen molar-refractivity contribution in [2.75, 3.05) is 12.9 Å². The lowest BCUT2D eigenvalue weighted by Gasteiger charge is -2.07. The van der Waals surface area contributed by atoms with Gasteiger partial charge in [0.1, 0.15) is 11.5 Å². The standard InChI is InChI=1S/C18H17N3O3S2/c1-11(13-8-7-12(24-2)9-15(13)22)20-21-17(23)10-25-18-19-14-5-3-4-6-16(14)26-18/h3-9,22H,10H2,1-2H3,(H,21,23)/b20-11+. The molecular weight excluding hydrogens is 370 g/mol. The summed E-state index contributed by atoms with van der Waals surface area (Å²) >= 11 is 2.93. The van der Waals surface area contributed by atoms with Gasteiger partial charge in [0.05, 0.1) is 28.8 Å². The largest absolute Gasteiger partial charge is 0.507 e. The van der Waals surface area contributed by atoms with Gasteiger partial charge in [-0.2, -0.15) is 5.10 Å². The molecule has 26 heavy (non-hydrogen) atoms. The van der Waals surface area contributed by atoms with E-state index in [9.17, 15) is 9.90 Å². The van der Waals surface area contributed by atoms with Crippen molar-refractivity contribution in [2.24, 2.45) is 5.10 Å². The summed E-state index contributed by atoms with van der Waals surface area (Å²) in [6.45, 7) is 1.71. The van der Waals surface area contributed by atoms with E-state index in [1.807, 2.05) is 24.3 Å². The number of thiazole rings is 1. The third-order valence-corrected chi connectivity index (χ3v) is 5.72. The quantitative estimate of drug-likeness (QED) is 0.383. The van der Waals surface area contributed by atoms with Gasteiger partial charge in [-0.15, -0.1) is 11.3 Å². The van der Waals surface area contributed by atoms with Crippen LogP contribution in [0.25, 0.3) is 10.2 Å². The van der Waals surface area contributed by atoms with Gasteiger partial charge in [-0.05, 0) is 31.2 Å². The number of thioether (sulfide) groups is 1. The number of nitrogens with one attached hydrogen (secondary N) is 1. The van der Waals surface area contributed by atoms with E-state index in [4.69, 9.17) is 4.74 Å². The zero-order valence-electron chi connectivity index (χ0n) is 14.2. The van der Waals surface area contributed by atoms with Crippen LogP contribution in [0.2, 0.25) is 0 Å². The van der Waals surface area contributed by atoms with Gasteiger partial charge in [0, 0.05) is 11.6 Å². The Kier molecular flexibility index (Phi) is 5.75. The Hall–Kier alpha value is -2.58. The second kappa shape index (κ2) is 8.20. The normalized spacial score (nSPS) is 11.5. The number of methoxy groups -OCH3 is 1. The van der Waals surface area contributed by atoms with Crippen LogP contribution >= 0.6 is 23.1 Å². The second-order valence-electron chi connectivity index (χ2n) is 5.35. The number of fused-ring (bicyclic) bond motifs is 1. The molecule has 0 bridgehead atoms. The minimum Gasteiger partial charge on any atom is -0.507 e. The van der Waals surface area contributed by atoms with Gasteiger partial charge >= 0.3 is 0 Å². The molecule has 0 aliphatic rings. The number of rotatable bonds is 6. The van der Waals surface area contributed by atoms with E-state index >= 15 is 0 Å². The average molecular weight is 387 g/mol. The van der Waals surface area contributed by atoms with Gasteiger partial charge in [0.25, 0.3) is 5.91 Å². The van der Waals surface area contributed by atoms with E-state index in [1.54, 1.807) is 30.4 Å². The third kappa shape index (κ3) is 4.33. The SMILES string of the molecule is COc1ccc(/C(C)=N/NC(=O)CSc2nc3ccccc3s2)c(O)c1. The smallest absolute Gasteiger partial charge is 0.250 e. The van der Waals surface area contributed by atoms with Gasteiger partial charge < -0.3 is 9.84 Å². The highest BCUT2D eigenvalue weighted by atomic mass is 32.2. The number of hydrazone groups is 1. The lowest BCUT2D eigenvalue weighted by atomic mass is 10.1. The summed E-state index contributed by atoms with van der Waals surface area (Å²) in [7, 11) is 1.53. The number of carbonyl (C=O) groups is 1. The Bertz CT molecular complexity index is 936. The monoisotopic (exact) mass is 387 g/mol. The number of aromatic nitrogens is 1. The van der Waals surface area contributed by atoms with Crippen LogP contribution in [0.4, 0.5) is 0 Å². The Morgan fingerprint density at radius 3 is 2.88 bits per heavy atom. The van der Waals surface area contributed by atoms with Gasteiger partial charge in [0.15, 0.2) is 4.34 Å².